The summed E-state index contributed by atoms with van der Waals surface area (Å²) in [6.45, 7) is 3.93. The maximum absolute atomic E-state index is 12.2. The normalized spacial score (nSPS) is 13.3. The number of nitrogens with two attached hydrogens (primary N) is 1. The van der Waals surface area contributed by atoms with Gasteiger partial charge in [0.25, 0.3) is 0 Å². The van der Waals surface area contributed by atoms with Crippen molar-refractivity contribution < 1.29 is 13.2 Å². The second kappa shape index (κ2) is 6.97. The fraction of sp³-hybridized carbons (Fsp3) is 0.600. The van der Waals surface area contributed by atoms with E-state index in [0.717, 1.165) is 29.7 Å². The molecule has 0 aliphatic heterocycles. The van der Waals surface area contributed by atoms with Gasteiger partial charge in [0.2, 0.25) is 0 Å². The zero-order valence-corrected chi connectivity index (χ0v) is 12.3. The van der Waals surface area contributed by atoms with Crippen molar-refractivity contribution >= 4 is 5.69 Å². The van der Waals surface area contributed by atoms with Crippen LogP contribution in [0.25, 0.3) is 0 Å². The minimum atomic E-state index is -4.12. The summed E-state index contributed by atoms with van der Waals surface area (Å²) < 4.78 is 36.7. The molecule has 0 spiro atoms. The molecule has 2 N–H and O–H groups in total. The molecule has 0 aromatic heterocycles. The first-order chi connectivity index (χ1) is 9.23. The molecule has 0 aliphatic rings. The van der Waals surface area contributed by atoms with Gasteiger partial charge in [-0.15, -0.1) is 0 Å². The molecule has 1 aromatic rings. The van der Waals surface area contributed by atoms with E-state index in [4.69, 9.17) is 5.73 Å². The highest BCUT2D eigenvalue weighted by molar-refractivity contribution is 5.54. The molecular weight excluding hydrogens is 265 g/mol. The molecule has 1 atom stereocenters. The molecule has 0 saturated carbocycles. The van der Waals surface area contributed by atoms with Crippen molar-refractivity contribution in [2.24, 2.45) is 5.73 Å². The molecule has 0 saturated heterocycles. The van der Waals surface area contributed by atoms with Crippen LogP contribution in [0.15, 0.2) is 18.2 Å². The van der Waals surface area contributed by atoms with Crippen LogP contribution in [0.5, 0.6) is 0 Å². The minimum Gasteiger partial charge on any atom is -0.374 e. The summed E-state index contributed by atoms with van der Waals surface area (Å²) >= 11 is 0. The van der Waals surface area contributed by atoms with Gasteiger partial charge in [0, 0.05) is 25.3 Å². The lowest BCUT2D eigenvalue weighted by atomic mass is 10.0. The van der Waals surface area contributed by atoms with E-state index in [9.17, 15) is 13.2 Å². The third-order valence-corrected chi connectivity index (χ3v) is 3.43. The summed E-state index contributed by atoms with van der Waals surface area (Å²) in [4.78, 5) is 1.65. The number of halogens is 3. The molecule has 20 heavy (non-hydrogen) atoms. The topological polar surface area (TPSA) is 29.3 Å². The largest absolute Gasteiger partial charge is 0.390 e. The van der Waals surface area contributed by atoms with E-state index in [1.54, 1.807) is 11.9 Å². The van der Waals surface area contributed by atoms with Crippen molar-refractivity contribution in [2.75, 3.05) is 18.5 Å². The first kappa shape index (κ1) is 16.8. The summed E-state index contributed by atoms with van der Waals surface area (Å²) in [5, 5.41) is 0. The molecule has 1 aromatic carbocycles. The predicted molar refractivity (Wildman–Crippen MR) is 77.1 cm³/mol. The van der Waals surface area contributed by atoms with Crippen LogP contribution in [0.4, 0.5) is 18.9 Å². The Kier molecular flexibility index (Phi) is 5.87. The van der Waals surface area contributed by atoms with Crippen molar-refractivity contribution in [1.82, 2.24) is 0 Å². The molecular formula is C15H23F3N2. The van der Waals surface area contributed by atoms with E-state index < -0.39 is 12.6 Å². The fourth-order valence-corrected chi connectivity index (χ4v) is 2.13. The number of alkyl halides is 3. The van der Waals surface area contributed by atoms with E-state index >= 15 is 0 Å². The molecule has 1 rings (SSSR count). The Morgan fingerprint density at radius 3 is 2.45 bits per heavy atom. The Morgan fingerprint density at radius 1 is 1.30 bits per heavy atom. The van der Waals surface area contributed by atoms with E-state index in [1.807, 2.05) is 32.0 Å². The lowest BCUT2D eigenvalue weighted by Gasteiger charge is -2.23. The second-order valence-corrected chi connectivity index (χ2v) is 5.28. The summed E-state index contributed by atoms with van der Waals surface area (Å²) in [6.07, 6.45) is -3.21. The third-order valence-electron chi connectivity index (χ3n) is 3.43. The molecule has 114 valence electrons. The maximum Gasteiger partial charge on any atom is 0.390 e. The smallest absolute Gasteiger partial charge is 0.374 e. The van der Waals surface area contributed by atoms with E-state index in [1.165, 1.54) is 0 Å². The summed E-state index contributed by atoms with van der Waals surface area (Å²) in [7, 11) is 1.69. The van der Waals surface area contributed by atoms with Gasteiger partial charge in [-0.3, -0.25) is 0 Å². The molecule has 0 aliphatic carbocycles. The Morgan fingerprint density at radius 2 is 1.95 bits per heavy atom. The Bertz CT molecular complexity index is 430. The molecule has 0 radical (unpaired) electrons. The standard InChI is InChI=1S/C15H23F3N2/c1-4-13(19)10-12-5-6-14(11(2)9-12)20(3)8-7-15(16,17)18/h5-6,9,13H,4,7-8,10,19H2,1-3H3. The SMILES string of the molecule is CCC(N)Cc1ccc(N(C)CCC(F)(F)F)c(C)c1. The van der Waals surface area contributed by atoms with E-state index in [2.05, 4.69) is 0 Å². The van der Waals surface area contributed by atoms with Crippen LogP contribution in [-0.4, -0.2) is 25.8 Å². The van der Waals surface area contributed by atoms with Gasteiger partial charge in [-0.05, 0) is 37.0 Å². The van der Waals surface area contributed by atoms with Gasteiger partial charge >= 0.3 is 6.18 Å². The lowest BCUT2D eigenvalue weighted by Crippen LogP contribution is -2.25. The van der Waals surface area contributed by atoms with Crippen LogP contribution in [0.3, 0.4) is 0 Å². The first-order valence-corrected chi connectivity index (χ1v) is 6.86. The minimum absolute atomic E-state index is 0.0296. The molecule has 0 bridgehead atoms. The maximum atomic E-state index is 12.2. The van der Waals surface area contributed by atoms with Gasteiger partial charge < -0.3 is 10.6 Å². The highest BCUT2D eigenvalue weighted by Gasteiger charge is 2.27. The third kappa shape index (κ3) is 5.41. The van der Waals surface area contributed by atoms with Gasteiger partial charge in [-0.1, -0.05) is 19.1 Å². The highest BCUT2D eigenvalue weighted by atomic mass is 19.4. The van der Waals surface area contributed by atoms with Gasteiger partial charge in [-0.2, -0.15) is 13.2 Å². The number of aryl methyl sites for hydroxylation is 1. The van der Waals surface area contributed by atoms with Crippen LogP contribution >= 0.6 is 0 Å². The molecule has 2 nitrogen and oxygen atoms in total. The van der Waals surface area contributed by atoms with Crippen molar-refractivity contribution in [1.29, 1.82) is 0 Å². The molecule has 5 heteroatoms. The number of hydrogen-bond acceptors (Lipinski definition) is 2. The zero-order chi connectivity index (χ0) is 15.3. The van der Waals surface area contributed by atoms with Crippen molar-refractivity contribution in [3.63, 3.8) is 0 Å². The van der Waals surface area contributed by atoms with Gasteiger partial charge in [0.15, 0.2) is 0 Å². The van der Waals surface area contributed by atoms with Gasteiger partial charge in [0.05, 0.1) is 6.42 Å². The quantitative estimate of drug-likeness (QED) is 0.865. The molecule has 0 heterocycles. The monoisotopic (exact) mass is 288 g/mol. The number of benzene rings is 1. The van der Waals surface area contributed by atoms with Gasteiger partial charge in [0.1, 0.15) is 0 Å². The summed E-state index contributed by atoms with van der Waals surface area (Å²) in [6, 6.07) is 5.96. The van der Waals surface area contributed by atoms with Gasteiger partial charge in [-0.25, -0.2) is 0 Å². The summed E-state index contributed by atoms with van der Waals surface area (Å²) in [5.41, 5.74) is 8.86. The molecule has 0 amide bonds. The fourth-order valence-electron chi connectivity index (χ4n) is 2.13. The number of hydrogen-bond donors (Lipinski definition) is 1. The second-order valence-electron chi connectivity index (χ2n) is 5.28. The van der Waals surface area contributed by atoms with Crippen molar-refractivity contribution in [3.8, 4) is 0 Å². The van der Waals surface area contributed by atoms with Crippen LogP contribution in [-0.2, 0) is 6.42 Å². The van der Waals surface area contributed by atoms with Crippen molar-refractivity contribution in [3.05, 3.63) is 29.3 Å². The predicted octanol–water partition coefficient (Wildman–Crippen LogP) is 3.66. The number of anilines is 1. The highest BCUT2D eigenvalue weighted by Crippen LogP contribution is 2.24. The van der Waals surface area contributed by atoms with Crippen LogP contribution in [0.1, 0.15) is 30.9 Å². The number of nitrogens with zero attached hydrogens (tertiary/aromatic N) is 1. The lowest BCUT2D eigenvalue weighted by molar-refractivity contribution is -0.132. The van der Waals surface area contributed by atoms with Crippen LogP contribution < -0.4 is 10.6 Å². The number of rotatable bonds is 6. The average molecular weight is 288 g/mol. The van der Waals surface area contributed by atoms with Crippen LogP contribution in [0.2, 0.25) is 0 Å². The zero-order valence-electron chi connectivity index (χ0n) is 12.3. The molecule has 0 fully saturated rings. The Hall–Kier alpha value is -1.23. The van der Waals surface area contributed by atoms with Crippen LogP contribution in [0, 0.1) is 6.92 Å². The average Bonchev–Trinajstić information content (AvgIpc) is 2.35. The first-order valence-electron chi connectivity index (χ1n) is 6.86. The van der Waals surface area contributed by atoms with Crippen molar-refractivity contribution in [2.45, 2.75) is 45.3 Å². The summed E-state index contributed by atoms with van der Waals surface area (Å²) in [5.74, 6) is 0. The van der Waals surface area contributed by atoms with E-state index in [0.29, 0.717) is 0 Å². The Labute approximate surface area is 118 Å². The Balaban J connectivity index is 2.72. The van der Waals surface area contributed by atoms with E-state index in [-0.39, 0.29) is 12.6 Å². The molecule has 1 unspecified atom stereocenters.